The first-order chi connectivity index (χ1) is 15.2. The van der Waals surface area contributed by atoms with Gasteiger partial charge in [0.15, 0.2) is 5.13 Å². The van der Waals surface area contributed by atoms with Crippen molar-refractivity contribution in [3.8, 4) is 5.75 Å². The molecule has 2 aromatic carbocycles. The molecule has 0 radical (unpaired) electrons. The van der Waals surface area contributed by atoms with Crippen LogP contribution in [0.25, 0.3) is 0 Å². The average Bonchev–Trinajstić information content (AvgIpc) is 3.19. The lowest BCUT2D eigenvalue weighted by Crippen LogP contribution is -2.29. The van der Waals surface area contributed by atoms with Crippen molar-refractivity contribution in [3.63, 3.8) is 0 Å². The molecule has 162 valence electrons. The third-order valence-electron chi connectivity index (χ3n) is 5.39. The van der Waals surface area contributed by atoms with Crippen LogP contribution in [0.4, 0.5) is 5.13 Å². The van der Waals surface area contributed by atoms with Crippen molar-refractivity contribution in [1.29, 1.82) is 0 Å². The van der Waals surface area contributed by atoms with Gasteiger partial charge < -0.3 is 4.74 Å². The molecule has 0 saturated heterocycles. The molecule has 0 spiro atoms. The summed E-state index contributed by atoms with van der Waals surface area (Å²) >= 11 is 1.58. The van der Waals surface area contributed by atoms with Gasteiger partial charge in [0.2, 0.25) is 0 Å². The van der Waals surface area contributed by atoms with E-state index >= 15 is 0 Å². The summed E-state index contributed by atoms with van der Waals surface area (Å²) in [5, 5.41) is 3.65. The maximum absolute atomic E-state index is 12.8. The molecule has 0 bridgehead atoms. The fourth-order valence-electron chi connectivity index (χ4n) is 3.72. The van der Waals surface area contributed by atoms with Gasteiger partial charge >= 0.3 is 0 Å². The Morgan fingerprint density at radius 1 is 1.16 bits per heavy atom. The Balaban J connectivity index is 1.35. The highest BCUT2D eigenvalue weighted by molar-refractivity contribution is 7.15. The van der Waals surface area contributed by atoms with Gasteiger partial charge in [0.25, 0.3) is 5.91 Å². The lowest BCUT2D eigenvalue weighted by molar-refractivity contribution is 0.102. The van der Waals surface area contributed by atoms with Crippen LogP contribution in [0, 0.1) is 0 Å². The predicted molar refractivity (Wildman–Crippen MR) is 126 cm³/mol. The van der Waals surface area contributed by atoms with E-state index in [0.29, 0.717) is 17.3 Å². The molecule has 1 aliphatic rings. The number of benzene rings is 2. The number of nitrogens with zero attached hydrogens (tertiary/aromatic N) is 2. The molecule has 2 heterocycles. The number of fused-ring (bicyclic) bond motifs is 1. The number of rotatable bonds is 9. The van der Waals surface area contributed by atoms with Gasteiger partial charge in [0, 0.05) is 36.5 Å². The number of unbranched alkanes of at least 4 members (excludes halogenated alkanes) is 2. The molecule has 5 nitrogen and oxygen atoms in total. The third-order valence-corrected chi connectivity index (χ3v) is 6.39. The van der Waals surface area contributed by atoms with Gasteiger partial charge in [-0.15, -0.1) is 11.3 Å². The number of hydrogen-bond acceptors (Lipinski definition) is 5. The molecule has 6 heteroatoms. The molecule has 31 heavy (non-hydrogen) atoms. The van der Waals surface area contributed by atoms with Crippen molar-refractivity contribution in [2.45, 2.75) is 45.7 Å². The van der Waals surface area contributed by atoms with Gasteiger partial charge in [-0.05, 0) is 30.2 Å². The van der Waals surface area contributed by atoms with Crippen molar-refractivity contribution in [2.75, 3.05) is 18.5 Å². The molecule has 1 aliphatic heterocycles. The number of amides is 1. The summed E-state index contributed by atoms with van der Waals surface area (Å²) in [5.74, 6) is 0.588. The van der Waals surface area contributed by atoms with Crippen LogP contribution in [-0.4, -0.2) is 28.9 Å². The van der Waals surface area contributed by atoms with Crippen LogP contribution >= 0.6 is 11.3 Å². The Bertz CT molecular complexity index is 1000. The van der Waals surface area contributed by atoms with Crippen molar-refractivity contribution < 1.29 is 9.53 Å². The summed E-state index contributed by atoms with van der Waals surface area (Å²) < 4.78 is 5.78. The third kappa shape index (κ3) is 5.93. The van der Waals surface area contributed by atoms with Gasteiger partial charge in [-0.2, -0.15) is 0 Å². The zero-order valence-electron chi connectivity index (χ0n) is 18.0. The van der Waals surface area contributed by atoms with Crippen LogP contribution in [0.3, 0.4) is 0 Å². The Morgan fingerprint density at radius 3 is 2.87 bits per heavy atom. The minimum absolute atomic E-state index is 0.147. The van der Waals surface area contributed by atoms with Crippen molar-refractivity contribution in [3.05, 3.63) is 76.3 Å². The number of carbonyl (C=O) groups excluding carboxylic acids is 1. The molecular formula is C25H29N3O2S. The summed E-state index contributed by atoms with van der Waals surface area (Å²) in [7, 11) is 0. The Kier molecular flexibility index (Phi) is 7.33. The smallest absolute Gasteiger partial charge is 0.257 e. The molecule has 0 fully saturated rings. The highest BCUT2D eigenvalue weighted by atomic mass is 32.1. The summed E-state index contributed by atoms with van der Waals surface area (Å²) in [6, 6.07) is 17.9. The molecule has 4 rings (SSSR count). The van der Waals surface area contributed by atoms with E-state index in [1.807, 2.05) is 24.3 Å². The summed E-state index contributed by atoms with van der Waals surface area (Å²) in [5.41, 5.74) is 3.02. The predicted octanol–water partition coefficient (Wildman–Crippen LogP) is 5.52. The topological polar surface area (TPSA) is 54.5 Å². The summed E-state index contributed by atoms with van der Waals surface area (Å²) in [4.78, 5) is 21.1. The number of hydrogen-bond donors (Lipinski definition) is 1. The summed E-state index contributed by atoms with van der Waals surface area (Å²) in [6.45, 7) is 5.64. The second kappa shape index (κ2) is 10.6. The normalized spacial score (nSPS) is 13.6. The maximum atomic E-state index is 12.8. The van der Waals surface area contributed by atoms with Crippen LogP contribution in [0.5, 0.6) is 5.75 Å². The number of thiazole rings is 1. The molecule has 1 aromatic heterocycles. The van der Waals surface area contributed by atoms with Crippen LogP contribution < -0.4 is 10.1 Å². The number of aromatic nitrogens is 1. The van der Waals surface area contributed by atoms with E-state index in [4.69, 9.17) is 4.74 Å². The number of anilines is 1. The van der Waals surface area contributed by atoms with Gasteiger partial charge in [-0.3, -0.25) is 15.0 Å². The highest BCUT2D eigenvalue weighted by Crippen LogP contribution is 2.29. The molecular weight excluding hydrogens is 406 g/mol. The standard InChI is InChI=1S/C25H29N3O2S/c1-2-3-7-15-30-21-12-8-11-20(16-21)24(29)27-25-26-22-13-14-28(18-23(22)31-25)17-19-9-5-4-6-10-19/h4-6,8-12,16H,2-3,7,13-15,17-18H2,1H3,(H,26,27,29). The van der Waals surface area contributed by atoms with Gasteiger partial charge in [-0.25, -0.2) is 4.98 Å². The van der Waals surface area contributed by atoms with E-state index in [1.165, 1.54) is 10.4 Å². The second-order valence-electron chi connectivity index (χ2n) is 7.87. The molecule has 0 saturated carbocycles. The maximum Gasteiger partial charge on any atom is 0.257 e. The second-order valence-corrected chi connectivity index (χ2v) is 8.96. The zero-order valence-corrected chi connectivity index (χ0v) is 18.8. The summed E-state index contributed by atoms with van der Waals surface area (Å²) in [6.07, 6.45) is 4.25. The largest absolute Gasteiger partial charge is 0.494 e. The van der Waals surface area contributed by atoms with Gasteiger partial charge in [0.05, 0.1) is 12.3 Å². The molecule has 0 aliphatic carbocycles. The molecule has 1 amide bonds. The van der Waals surface area contributed by atoms with Crippen molar-refractivity contribution in [1.82, 2.24) is 9.88 Å². The van der Waals surface area contributed by atoms with Crippen molar-refractivity contribution in [2.24, 2.45) is 0 Å². The molecule has 1 N–H and O–H groups in total. The van der Waals surface area contributed by atoms with Gasteiger partial charge in [0.1, 0.15) is 5.75 Å². The fraction of sp³-hybridized carbons (Fsp3) is 0.360. The van der Waals surface area contributed by atoms with E-state index in [1.54, 1.807) is 17.4 Å². The Morgan fingerprint density at radius 2 is 2.03 bits per heavy atom. The number of nitrogens with one attached hydrogen (secondary N) is 1. The quantitative estimate of drug-likeness (QED) is 0.450. The van der Waals surface area contributed by atoms with E-state index in [0.717, 1.165) is 56.8 Å². The minimum Gasteiger partial charge on any atom is -0.494 e. The Labute approximate surface area is 188 Å². The SMILES string of the molecule is CCCCCOc1cccc(C(=O)Nc2nc3c(s2)CN(Cc2ccccc2)CC3)c1. The zero-order chi connectivity index (χ0) is 21.5. The van der Waals surface area contributed by atoms with Crippen LogP contribution in [-0.2, 0) is 19.5 Å². The van der Waals surface area contributed by atoms with Crippen LogP contribution in [0.1, 0.15) is 52.7 Å². The lowest BCUT2D eigenvalue weighted by atomic mass is 10.1. The molecule has 3 aromatic rings. The number of carbonyl (C=O) groups is 1. The fourth-order valence-corrected chi connectivity index (χ4v) is 4.76. The van der Waals surface area contributed by atoms with E-state index < -0.39 is 0 Å². The highest BCUT2D eigenvalue weighted by Gasteiger charge is 2.21. The molecule has 0 unspecified atom stereocenters. The van der Waals surface area contributed by atoms with E-state index in [9.17, 15) is 4.79 Å². The van der Waals surface area contributed by atoms with Crippen LogP contribution in [0.2, 0.25) is 0 Å². The van der Waals surface area contributed by atoms with Crippen molar-refractivity contribution >= 4 is 22.4 Å². The Hall–Kier alpha value is -2.70. The average molecular weight is 436 g/mol. The lowest BCUT2D eigenvalue weighted by Gasteiger charge is -2.25. The van der Waals surface area contributed by atoms with E-state index in [2.05, 4.69) is 46.4 Å². The first kappa shape index (κ1) is 21.5. The van der Waals surface area contributed by atoms with Crippen LogP contribution in [0.15, 0.2) is 54.6 Å². The molecule has 0 atom stereocenters. The first-order valence-electron chi connectivity index (χ1n) is 11.0. The number of ether oxygens (including phenoxy) is 1. The first-order valence-corrected chi connectivity index (χ1v) is 11.8. The monoisotopic (exact) mass is 435 g/mol. The van der Waals surface area contributed by atoms with E-state index in [-0.39, 0.29) is 5.91 Å². The van der Waals surface area contributed by atoms with Gasteiger partial charge in [-0.1, -0.05) is 56.2 Å². The minimum atomic E-state index is -0.147.